The molecule has 1 saturated heterocycles. The van der Waals surface area contributed by atoms with Crippen molar-refractivity contribution in [2.24, 2.45) is 0 Å². The molecule has 2 fully saturated rings. The van der Waals surface area contributed by atoms with Crippen molar-refractivity contribution in [3.05, 3.63) is 23.8 Å². The van der Waals surface area contributed by atoms with Crippen molar-refractivity contribution in [2.45, 2.75) is 37.0 Å². The van der Waals surface area contributed by atoms with Crippen LogP contribution in [0.5, 0.6) is 0 Å². The SMILES string of the molecule is COC(=O)C1(c2nccc(C3CCOCC3)n2)CC1. The van der Waals surface area contributed by atoms with Crippen molar-refractivity contribution in [2.75, 3.05) is 20.3 Å². The van der Waals surface area contributed by atoms with E-state index < -0.39 is 5.41 Å². The Labute approximate surface area is 112 Å². The molecule has 0 N–H and O–H groups in total. The molecular formula is C14H18N2O3. The summed E-state index contributed by atoms with van der Waals surface area (Å²) in [7, 11) is 1.42. The normalized spacial score (nSPS) is 21.9. The lowest BCUT2D eigenvalue weighted by Crippen LogP contribution is -2.25. The van der Waals surface area contributed by atoms with Crippen LogP contribution in [0.15, 0.2) is 12.3 Å². The summed E-state index contributed by atoms with van der Waals surface area (Å²) in [6, 6.07) is 1.95. The summed E-state index contributed by atoms with van der Waals surface area (Å²) in [6.07, 6.45) is 5.31. The van der Waals surface area contributed by atoms with Gasteiger partial charge in [0.05, 0.1) is 7.11 Å². The van der Waals surface area contributed by atoms with Gasteiger partial charge >= 0.3 is 5.97 Å². The predicted octanol–water partition coefficient (Wildman–Crippen LogP) is 1.58. The van der Waals surface area contributed by atoms with E-state index in [0.29, 0.717) is 11.7 Å². The fourth-order valence-electron chi connectivity index (χ4n) is 2.66. The van der Waals surface area contributed by atoms with Crippen molar-refractivity contribution >= 4 is 5.97 Å². The number of rotatable bonds is 3. The van der Waals surface area contributed by atoms with Crippen LogP contribution in [-0.2, 0) is 19.7 Å². The molecule has 1 aromatic heterocycles. The Bertz CT molecular complexity index is 479. The lowest BCUT2D eigenvalue weighted by Gasteiger charge is -2.22. The Morgan fingerprint density at radius 1 is 1.42 bits per heavy atom. The van der Waals surface area contributed by atoms with E-state index in [4.69, 9.17) is 9.47 Å². The van der Waals surface area contributed by atoms with Gasteiger partial charge < -0.3 is 9.47 Å². The minimum Gasteiger partial charge on any atom is -0.468 e. The first-order valence-electron chi connectivity index (χ1n) is 6.76. The second kappa shape index (κ2) is 4.89. The highest BCUT2D eigenvalue weighted by Crippen LogP contribution is 2.47. The number of hydrogen-bond donors (Lipinski definition) is 0. The first-order valence-corrected chi connectivity index (χ1v) is 6.76. The number of ether oxygens (including phenoxy) is 2. The number of methoxy groups -OCH3 is 1. The number of nitrogens with zero attached hydrogens (tertiary/aromatic N) is 2. The van der Waals surface area contributed by atoms with E-state index in [2.05, 4.69) is 9.97 Å². The molecule has 0 amide bonds. The zero-order chi connectivity index (χ0) is 13.3. The highest BCUT2D eigenvalue weighted by molar-refractivity contribution is 5.85. The molecule has 0 bridgehead atoms. The van der Waals surface area contributed by atoms with E-state index in [1.54, 1.807) is 6.20 Å². The van der Waals surface area contributed by atoms with Crippen LogP contribution in [0, 0.1) is 0 Å². The Hall–Kier alpha value is -1.49. The summed E-state index contributed by atoms with van der Waals surface area (Å²) in [5.74, 6) is 0.837. The largest absolute Gasteiger partial charge is 0.468 e. The highest BCUT2D eigenvalue weighted by Gasteiger charge is 2.55. The molecule has 2 aliphatic rings. The van der Waals surface area contributed by atoms with Gasteiger partial charge in [-0.2, -0.15) is 0 Å². The summed E-state index contributed by atoms with van der Waals surface area (Å²) in [4.78, 5) is 20.8. The maximum atomic E-state index is 11.9. The lowest BCUT2D eigenvalue weighted by molar-refractivity contribution is -0.143. The molecule has 1 saturated carbocycles. The van der Waals surface area contributed by atoms with E-state index in [1.807, 2.05) is 6.07 Å². The molecule has 0 aromatic carbocycles. The zero-order valence-electron chi connectivity index (χ0n) is 11.1. The number of carbonyl (C=O) groups excluding carboxylic acids is 1. The average molecular weight is 262 g/mol. The molecule has 0 unspecified atom stereocenters. The van der Waals surface area contributed by atoms with Gasteiger partial charge in [0, 0.05) is 31.0 Å². The fraction of sp³-hybridized carbons (Fsp3) is 0.643. The first kappa shape index (κ1) is 12.5. The second-order valence-corrected chi connectivity index (χ2v) is 5.27. The second-order valence-electron chi connectivity index (χ2n) is 5.27. The Morgan fingerprint density at radius 3 is 2.79 bits per heavy atom. The van der Waals surface area contributed by atoms with Crippen molar-refractivity contribution in [1.29, 1.82) is 0 Å². The molecular weight excluding hydrogens is 244 g/mol. The van der Waals surface area contributed by atoms with Crippen LogP contribution < -0.4 is 0 Å². The van der Waals surface area contributed by atoms with Crippen LogP contribution >= 0.6 is 0 Å². The smallest absolute Gasteiger partial charge is 0.319 e. The maximum Gasteiger partial charge on any atom is 0.319 e. The summed E-state index contributed by atoms with van der Waals surface area (Å²) < 4.78 is 10.2. The van der Waals surface area contributed by atoms with E-state index in [-0.39, 0.29) is 5.97 Å². The van der Waals surface area contributed by atoms with Crippen LogP contribution in [0.1, 0.15) is 43.1 Å². The van der Waals surface area contributed by atoms with Crippen molar-refractivity contribution in [3.63, 3.8) is 0 Å². The average Bonchev–Trinajstić information content (AvgIpc) is 3.29. The van der Waals surface area contributed by atoms with Crippen molar-refractivity contribution in [1.82, 2.24) is 9.97 Å². The maximum absolute atomic E-state index is 11.9. The summed E-state index contributed by atoms with van der Waals surface area (Å²) in [6.45, 7) is 1.57. The van der Waals surface area contributed by atoms with E-state index >= 15 is 0 Å². The molecule has 2 heterocycles. The third-order valence-electron chi connectivity index (χ3n) is 4.07. The number of aromatic nitrogens is 2. The standard InChI is InChI=1S/C14H18N2O3/c1-18-13(17)14(5-6-14)12-15-7-2-11(16-12)10-3-8-19-9-4-10/h2,7,10H,3-6,8-9H2,1H3. The van der Waals surface area contributed by atoms with Crippen molar-refractivity contribution in [3.8, 4) is 0 Å². The third-order valence-corrected chi connectivity index (χ3v) is 4.07. The third kappa shape index (κ3) is 2.23. The van der Waals surface area contributed by atoms with Gasteiger partial charge in [0.1, 0.15) is 11.2 Å². The van der Waals surface area contributed by atoms with Gasteiger partial charge in [-0.05, 0) is 31.7 Å². The zero-order valence-corrected chi connectivity index (χ0v) is 11.1. The first-order chi connectivity index (χ1) is 9.26. The molecule has 0 spiro atoms. The molecule has 0 atom stereocenters. The highest BCUT2D eigenvalue weighted by atomic mass is 16.5. The molecule has 0 radical (unpaired) electrons. The Balaban J connectivity index is 1.86. The minimum absolute atomic E-state index is 0.211. The van der Waals surface area contributed by atoms with Gasteiger partial charge in [-0.1, -0.05) is 0 Å². The Morgan fingerprint density at radius 2 is 2.16 bits per heavy atom. The van der Waals surface area contributed by atoms with E-state index in [1.165, 1.54) is 7.11 Å². The number of carbonyl (C=O) groups is 1. The molecule has 1 aromatic rings. The van der Waals surface area contributed by atoms with Gasteiger partial charge in [-0.25, -0.2) is 9.97 Å². The van der Waals surface area contributed by atoms with Gasteiger partial charge in [0.25, 0.3) is 0 Å². The van der Waals surface area contributed by atoms with Gasteiger partial charge in [-0.15, -0.1) is 0 Å². The van der Waals surface area contributed by atoms with E-state index in [9.17, 15) is 4.79 Å². The van der Waals surface area contributed by atoms with Gasteiger partial charge in [-0.3, -0.25) is 4.79 Å². The van der Waals surface area contributed by atoms with Gasteiger partial charge in [0.15, 0.2) is 0 Å². The molecule has 1 aliphatic carbocycles. The molecule has 102 valence electrons. The molecule has 5 nitrogen and oxygen atoms in total. The molecule has 19 heavy (non-hydrogen) atoms. The van der Waals surface area contributed by atoms with Crippen LogP contribution in [0.2, 0.25) is 0 Å². The predicted molar refractivity (Wildman–Crippen MR) is 67.8 cm³/mol. The number of esters is 1. The van der Waals surface area contributed by atoms with Gasteiger partial charge in [0.2, 0.25) is 0 Å². The summed E-state index contributed by atoms with van der Waals surface area (Å²) >= 11 is 0. The minimum atomic E-state index is -0.573. The quantitative estimate of drug-likeness (QED) is 0.774. The molecule has 1 aliphatic heterocycles. The lowest BCUT2D eigenvalue weighted by atomic mass is 9.96. The van der Waals surface area contributed by atoms with Crippen LogP contribution in [-0.4, -0.2) is 36.3 Å². The molecule has 5 heteroatoms. The fourth-order valence-corrected chi connectivity index (χ4v) is 2.66. The number of hydrogen-bond acceptors (Lipinski definition) is 5. The molecule has 3 rings (SSSR count). The van der Waals surface area contributed by atoms with Crippen LogP contribution in [0.4, 0.5) is 0 Å². The van der Waals surface area contributed by atoms with Crippen molar-refractivity contribution < 1.29 is 14.3 Å². The topological polar surface area (TPSA) is 61.3 Å². The summed E-state index contributed by atoms with van der Waals surface area (Å²) in [5.41, 5.74) is 0.458. The van der Waals surface area contributed by atoms with E-state index in [0.717, 1.165) is 44.6 Å². The Kier molecular flexibility index (Phi) is 3.22. The van der Waals surface area contributed by atoms with Crippen LogP contribution in [0.25, 0.3) is 0 Å². The summed E-state index contributed by atoms with van der Waals surface area (Å²) in [5, 5.41) is 0. The monoisotopic (exact) mass is 262 g/mol. The van der Waals surface area contributed by atoms with Crippen LogP contribution in [0.3, 0.4) is 0 Å².